The van der Waals surface area contributed by atoms with Crippen LogP contribution in [0, 0.1) is 19.8 Å². The SMILES string of the molecule is CN=C(NCCOc1cc(C)cc(C)c1)N1CCC(CC(=O)NC)CC1.I. The molecule has 27 heavy (non-hydrogen) atoms. The minimum absolute atomic E-state index is 0. The van der Waals surface area contributed by atoms with E-state index in [4.69, 9.17) is 4.74 Å². The molecule has 1 aliphatic heterocycles. The van der Waals surface area contributed by atoms with Crippen LogP contribution in [0.25, 0.3) is 0 Å². The molecule has 1 amide bonds. The summed E-state index contributed by atoms with van der Waals surface area (Å²) in [4.78, 5) is 18.2. The van der Waals surface area contributed by atoms with Crippen LogP contribution < -0.4 is 15.4 Å². The average Bonchev–Trinajstić information content (AvgIpc) is 2.62. The zero-order valence-corrected chi connectivity index (χ0v) is 19.2. The van der Waals surface area contributed by atoms with Gasteiger partial charge in [-0.1, -0.05) is 6.07 Å². The molecule has 0 aromatic heterocycles. The number of guanidine groups is 1. The fourth-order valence-corrected chi connectivity index (χ4v) is 3.39. The van der Waals surface area contributed by atoms with Gasteiger partial charge in [-0.3, -0.25) is 9.79 Å². The normalized spacial score (nSPS) is 15.1. The van der Waals surface area contributed by atoms with Gasteiger partial charge in [0, 0.05) is 33.6 Å². The number of rotatable bonds is 6. The Balaban J connectivity index is 0.00000364. The van der Waals surface area contributed by atoms with Crippen molar-refractivity contribution < 1.29 is 9.53 Å². The summed E-state index contributed by atoms with van der Waals surface area (Å²) in [7, 11) is 3.51. The summed E-state index contributed by atoms with van der Waals surface area (Å²) in [6.45, 7) is 7.31. The Kier molecular flexibility index (Phi) is 10.5. The van der Waals surface area contributed by atoms with Crippen LogP contribution >= 0.6 is 24.0 Å². The molecule has 1 aromatic rings. The second-order valence-corrected chi connectivity index (χ2v) is 6.95. The monoisotopic (exact) mass is 488 g/mol. The van der Waals surface area contributed by atoms with E-state index < -0.39 is 0 Å². The first-order valence-electron chi connectivity index (χ1n) is 9.39. The summed E-state index contributed by atoms with van der Waals surface area (Å²) in [6.07, 6.45) is 2.67. The summed E-state index contributed by atoms with van der Waals surface area (Å²) in [5.41, 5.74) is 2.42. The lowest BCUT2D eigenvalue weighted by molar-refractivity contribution is -0.121. The number of halogens is 1. The molecule has 0 aliphatic carbocycles. The van der Waals surface area contributed by atoms with Gasteiger partial charge in [0.25, 0.3) is 0 Å². The van der Waals surface area contributed by atoms with Crippen molar-refractivity contribution >= 4 is 35.8 Å². The van der Waals surface area contributed by atoms with E-state index in [1.807, 2.05) is 7.05 Å². The first-order chi connectivity index (χ1) is 12.5. The Labute approximate surface area is 180 Å². The van der Waals surface area contributed by atoms with E-state index in [9.17, 15) is 4.79 Å². The van der Waals surface area contributed by atoms with Crippen LogP contribution in [0.4, 0.5) is 0 Å². The summed E-state index contributed by atoms with van der Waals surface area (Å²) in [5, 5.41) is 6.09. The first kappa shape index (κ1) is 23.5. The van der Waals surface area contributed by atoms with Crippen molar-refractivity contribution in [1.82, 2.24) is 15.5 Å². The molecule has 1 fully saturated rings. The maximum Gasteiger partial charge on any atom is 0.220 e. The van der Waals surface area contributed by atoms with Crippen LogP contribution in [0.3, 0.4) is 0 Å². The van der Waals surface area contributed by atoms with Crippen LogP contribution in [0.1, 0.15) is 30.4 Å². The second kappa shape index (κ2) is 12.0. The van der Waals surface area contributed by atoms with E-state index in [1.165, 1.54) is 11.1 Å². The van der Waals surface area contributed by atoms with Crippen molar-refractivity contribution in [2.24, 2.45) is 10.9 Å². The number of likely N-dealkylation sites (tertiary alicyclic amines) is 1. The van der Waals surface area contributed by atoms with Gasteiger partial charge in [-0.15, -0.1) is 24.0 Å². The van der Waals surface area contributed by atoms with Gasteiger partial charge < -0.3 is 20.3 Å². The molecule has 1 aromatic carbocycles. The van der Waals surface area contributed by atoms with E-state index in [-0.39, 0.29) is 29.9 Å². The molecule has 1 heterocycles. The van der Waals surface area contributed by atoms with E-state index in [0.29, 0.717) is 25.5 Å². The third-order valence-corrected chi connectivity index (χ3v) is 4.73. The number of carbonyl (C=O) groups is 1. The predicted molar refractivity (Wildman–Crippen MR) is 121 cm³/mol. The number of nitrogens with one attached hydrogen (secondary N) is 2. The number of aryl methyl sites for hydroxylation is 2. The van der Waals surface area contributed by atoms with Gasteiger partial charge in [0.1, 0.15) is 12.4 Å². The highest BCUT2D eigenvalue weighted by molar-refractivity contribution is 14.0. The van der Waals surface area contributed by atoms with Crippen LogP contribution in [0.15, 0.2) is 23.2 Å². The van der Waals surface area contributed by atoms with Gasteiger partial charge in [-0.25, -0.2) is 0 Å². The zero-order valence-electron chi connectivity index (χ0n) is 16.9. The molecule has 0 spiro atoms. The molecule has 7 heteroatoms. The second-order valence-electron chi connectivity index (χ2n) is 6.95. The quantitative estimate of drug-likeness (QED) is 0.280. The van der Waals surface area contributed by atoms with Gasteiger partial charge in [0.05, 0.1) is 6.54 Å². The minimum Gasteiger partial charge on any atom is -0.492 e. The highest BCUT2D eigenvalue weighted by Gasteiger charge is 2.22. The maximum atomic E-state index is 11.5. The van der Waals surface area contributed by atoms with Crippen LogP contribution in [-0.2, 0) is 4.79 Å². The molecule has 6 nitrogen and oxygen atoms in total. The Bertz CT molecular complexity index is 608. The minimum atomic E-state index is 0. The third kappa shape index (κ3) is 7.94. The molecule has 0 bridgehead atoms. The number of hydrogen-bond acceptors (Lipinski definition) is 3. The fourth-order valence-electron chi connectivity index (χ4n) is 3.39. The number of amides is 1. The molecule has 0 atom stereocenters. The Hall–Kier alpha value is -1.51. The summed E-state index contributed by atoms with van der Waals surface area (Å²) >= 11 is 0. The molecular formula is C20H33IN4O2. The number of aliphatic imine (C=N–C) groups is 1. The molecular weight excluding hydrogens is 455 g/mol. The highest BCUT2D eigenvalue weighted by atomic mass is 127. The van der Waals surface area contributed by atoms with Gasteiger partial charge in [0.2, 0.25) is 5.91 Å². The van der Waals surface area contributed by atoms with Crippen LogP contribution in [0.2, 0.25) is 0 Å². The molecule has 1 aliphatic rings. The number of carbonyl (C=O) groups excluding carboxylic acids is 1. The molecule has 1 saturated heterocycles. The Morgan fingerprint density at radius 1 is 1.22 bits per heavy atom. The predicted octanol–water partition coefficient (Wildman–Crippen LogP) is 2.72. The Morgan fingerprint density at radius 2 is 1.85 bits per heavy atom. The van der Waals surface area contributed by atoms with E-state index >= 15 is 0 Å². The van der Waals surface area contributed by atoms with Crippen molar-refractivity contribution in [3.8, 4) is 5.75 Å². The van der Waals surface area contributed by atoms with E-state index in [1.54, 1.807) is 7.05 Å². The van der Waals surface area contributed by atoms with Crippen LogP contribution in [0.5, 0.6) is 5.75 Å². The lowest BCUT2D eigenvalue weighted by Crippen LogP contribution is -2.46. The fraction of sp³-hybridized carbons (Fsp3) is 0.600. The smallest absolute Gasteiger partial charge is 0.220 e. The average molecular weight is 488 g/mol. The molecule has 0 radical (unpaired) electrons. The van der Waals surface area contributed by atoms with Crippen LogP contribution in [-0.4, -0.2) is 57.1 Å². The highest BCUT2D eigenvalue weighted by Crippen LogP contribution is 2.20. The molecule has 0 saturated carbocycles. The summed E-state index contributed by atoms with van der Waals surface area (Å²) in [6, 6.07) is 6.25. The standard InChI is InChI=1S/C20H32N4O2.HI/c1-15-11-16(2)13-18(12-15)26-10-7-23-20(22-4)24-8-5-17(6-9-24)14-19(25)21-3;/h11-13,17H,5-10,14H2,1-4H3,(H,21,25)(H,22,23);1H. The number of benzene rings is 1. The largest absolute Gasteiger partial charge is 0.492 e. The summed E-state index contributed by atoms with van der Waals surface area (Å²) < 4.78 is 5.84. The molecule has 2 N–H and O–H groups in total. The first-order valence-corrected chi connectivity index (χ1v) is 9.39. The Morgan fingerprint density at radius 3 is 2.41 bits per heavy atom. The topological polar surface area (TPSA) is 66.0 Å². The van der Waals surface area contributed by atoms with Crippen molar-refractivity contribution in [1.29, 1.82) is 0 Å². The van der Waals surface area contributed by atoms with Crippen molar-refractivity contribution in [3.05, 3.63) is 29.3 Å². The van der Waals surface area contributed by atoms with Crippen molar-refractivity contribution in [2.45, 2.75) is 33.1 Å². The lowest BCUT2D eigenvalue weighted by Gasteiger charge is -2.34. The summed E-state index contributed by atoms with van der Waals surface area (Å²) in [5.74, 6) is 2.42. The van der Waals surface area contributed by atoms with E-state index in [0.717, 1.165) is 37.6 Å². The maximum absolute atomic E-state index is 11.5. The van der Waals surface area contributed by atoms with Crippen molar-refractivity contribution in [2.75, 3.05) is 40.3 Å². The molecule has 0 unspecified atom stereocenters. The van der Waals surface area contributed by atoms with E-state index in [2.05, 4.69) is 52.6 Å². The third-order valence-electron chi connectivity index (χ3n) is 4.73. The molecule has 152 valence electrons. The zero-order chi connectivity index (χ0) is 18.9. The van der Waals surface area contributed by atoms with Gasteiger partial charge >= 0.3 is 0 Å². The number of hydrogen-bond donors (Lipinski definition) is 2. The van der Waals surface area contributed by atoms with Crippen molar-refractivity contribution in [3.63, 3.8) is 0 Å². The molecule has 2 rings (SSSR count). The number of nitrogens with zero attached hydrogens (tertiary/aromatic N) is 2. The lowest BCUT2D eigenvalue weighted by atomic mass is 9.93. The van der Waals surface area contributed by atoms with Gasteiger partial charge in [-0.05, 0) is 55.9 Å². The number of ether oxygens (including phenoxy) is 1. The van der Waals surface area contributed by atoms with Gasteiger partial charge in [0.15, 0.2) is 5.96 Å². The number of piperidine rings is 1. The van der Waals surface area contributed by atoms with Gasteiger partial charge in [-0.2, -0.15) is 0 Å².